The van der Waals surface area contributed by atoms with Crippen LogP contribution in [0.2, 0.25) is 0 Å². The summed E-state index contributed by atoms with van der Waals surface area (Å²) in [5.41, 5.74) is 7.10. The molecule has 2 aromatic rings. The Morgan fingerprint density at radius 3 is 2.75 bits per heavy atom. The van der Waals surface area contributed by atoms with Crippen molar-refractivity contribution in [2.75, 3.05) is 5.73 Å². The Bertz CT molecular complexity index is 633. The topological polar surface area (TPSA) is 68.0 Å². The molecule has 3 rings (SSSR count). The van der Waals surface area contributed by atoms with E-state index in [1.54, 1.807) is 6.20 Å². The fourth-order valence-electron chi connectivity index (χ4n) is 2.91. The van der Waals surface area contributed by atoms with Crippen LogP contribution in [0.25, 0.3) is 10.8 Å². The number of carbonyl (C=O) groups excluding carboxylic acids is 1. The van der Waals surface area contributed by atoms with Crippen LogP contribution < -0.4 is 11.1 Å². The summed E-state index contributed by atoms with van der Waals surface area (Å²) in [5.74, 6) is -0.0897. The number of carbonyl (C=O) groups is 1. The van der Waals surface area contributed by atoms with Crippen molar-refractivity contribution >= 4 is 22.4 Å². The molecule has 0 radical (unpaired) electrons. The predicted octanol–water partition coefficient (Wildman–Crippen LogP) is 2.88. The molecule has 20 heavy (non-hydrogen) atoms. The zero-order chi connectivity index (χ0) is 13.9. The monoisotopic (exact) mass is 269 g/mol. The molecule has 3 N–H and O–H groups in total. The molecule has 1 amide bonds. The van der Waals surface area contributed by atoms with Gasteiger partial charge in [0.25, 0.3) is 5.91 Å². The highest BCUT2D eigenvalue weighted by molar-refractivity contribution is 6.07. The van der Waals surface area contributed by atoms with Crippen LogP contribution in [0.3, 0.4) is 0 Å². The van der Waals surface area contributed by atoms with Crippen molar-refractivity contribution in [2.45, 2.75) is 38.1 Å². The minimum atomic E-state index is -0.0897. The van der Waals surface area contributed by atoms with E-state index in [0.717, 1.165) is 23.6 Å². The van der Waals surface area contributed by atoms with Crippen LogP contribution >= 0.6 is 0 Å². The summed E-state index contributed by atoms with van der Waals surface area (Å²) in [6.07, 6.45) is 7.45. The van der Waals surface area contributed by atoms with Crippen molar-refractivity contribution in [1.29, 1.82) is 0 Å². The van der Waals surface area contributed by atoms with E-state index >= 15 is 0 Å². The molecule has 104 valence electrons. The average Bonchev–Trinajstić information content (AvgIpc) is 2.48. The van der Waals surface area contributed by atoms with Gasteiger partial charge in [-0.05, 0) is 25.0 Å². The summed E-state index contributed by atoms with van der Waals surface area (Å²) >= 11 is 0. The second-order valence-electron chi connectivity index (χ2n) is 5.41. The Hall–Kier alpha value is -2.10. The van der Waals surface area contributed by atoms with E-state index in [1.807, 2.05) is 24.3 Å². The molecule has 0 atom stereocenters. The highest BCUT2D eigenvalue weighted by atomic mass is 16.1. The van der Waals surface area contributed by atoms with Crippen molar-refractivity contribution in [1.82, 2.24) is 10.3 Å². The summed E-state index contributed by atoms with van der Waals surface area (Å²) in [5, 5.41) is 4.81. The van der Waals surface area contributed by atoms with Crippen molar-refractivity contribution in [3.63, 3.8) is 0 Å². The maximum Gasteiger partial charge on any atom is 0.270 e. The Morgan fingerprint density at radius 1 is 1.15 bits per heavy atom. The van der Waals surface area contributed by atoms with E-state index in [2.05, 4.69) is 10.3 Å². The highest BCUT2D eigenvalue weighted by Gasteiger charge is 2.19. The maximum atomic E-state index is 12.4. The summed E-state index contributed by atoms with van der Waals surface area (Å²) < 4.78 is 0. The number of nitrogens with one attached hydrogen (secondary N) is 1. The largest absolute Gasteiger partial charge is 0.398 e. The van der Waals surface area contributed by atoms with E-state index in [9.17, 15) is 4.79 Å². The molecule has 0 spiro atoms. The lowest BCUT2D eigenvalue weighted by molar-refractivity contribution is 0.0924. The molecule has 1 aliphatic carbocycles. The van der Waals surface area contributed by atoms with Crippen molar-refractivity contribution in [3.8, 4) is 0 Å². The second-order valence-corrected chi connectivity index (χ2v) is 5.41. The molecule has 0 aliphatic heterocycles. The predicted molar refractivity (Wildman–Crippen MR) is 80.5 cm³/mol. The van der Waals surface area contributed by atoms with Crippen LogP contribution in [0.1, 0.15) is 42.6 Å². The van der Waals surface area contributed by atoms with Gasteiger partial charge in [-0.25, -0.2) is 0 Å². The molecule has 4 nitrogen and oxygen atoms in total. The number of anilines is 1. The van der Waals surface area contributed by atoms with E-state index in [-0.39, 0.29) is 11.9 Å². The summed E-state index contributed by atoms with van der Waals surface area (Å²) in [6, 6.07) is 7.73. The van der Waals surface area contributed by atoms with Gasteiger partial charge in [0, 0.05) is 28.7 Å². The molecule has 1 aliphatic rings. The van der Waals surface area contributed by atoms with E-state index in [1.165, 1.54) is 19.3 Å². The first-order chi connectivity index (χ1) is 9.75. The number of nitrogens with two attached hydrogens (primary N) is 1. The Labute approximate surface area is 118 Å². The number of hydrogen-bond acceptors (Lipinski definition) is 3. The molecule has 1 fully saturated rings. The number of amides is 1. The molecule has 4 heteroatoms. The van der Waals surface area contributed by atoms with Crippen LogP contribution in [0.5, 0.6) is 0 Å². The fraction of sp³-hybridized carbons (Fsp3) is 0.375. The van der Waals surface area contributed by atoms with Gasteiger partial charge in [0.1, 0.15) is 5.69 Å². The summed E-state index contributed by atoms with van der Waals surface area (Å²) in [6.45, 7) is 0. The van der Waals surface area contributed by atoms with Gasteiger partial charge < -0.3 is 11.1 Å². The number of fused-ring (bicyclic) bond motifs is 1. The average molecular weight is 269 g/mol. The van der Waals surface area contributed by atoms with Crippen LogP contribution in [0.15, 0.2) is 30.5 Å². The van der Waals surface area contributed by atoms with Gasteiger partial charge >= 0.3 is 0 Å². The lowest BCUT2D eigenvalue weighted by Crippen LogP contribution is -2.36. The second kappa shape index (κ2) is 5.49. The maximum absolute atomic E-state index is 12.4. The van der Waals surface area contributed by atoms with Crippen molar-refractivity contribution < 1.29 is 4.79 Å². The van der Waals surface area contributed by atoms with E-state index < -0.39 is 0 Å². The van der Waals surface area contributed by atoms with Crippen LogP contribution in [0.4, 0.5) is 5.69 Å². The van der Waals surface area contributed by atoms with Crippen molar-refractivity contribution in [2.24, 2.45) is 0 Å². The number of aromatic nitrogens is 1. The summed E-state index contributed by atoms with van der Waals surface area (Å²) in [4.78, 5) is 16.7. The molecular formula is C16H19N3O. The molecule has 0 unspecified atom stereocenters. The zero-order valence-electron chi connectivity index (χ0n) is 11.4. The Morgan fingerprint density at radius 2 is 1.95 bits per heavy atom. The smallest absolute Gasteiger partial charge is 0.270 e. The molecule has 0 saturated heterocycles. The molecule has 1 aromatic heterocycles. The normalized spacial score (nSPS) is 16.2. The number of benzene rings is 1. The van der Waals surface area contributed by atoms with Gasteiger partial charge in [0.05, 0.1) is 0 Å². The zero-order valence-corrected chi connectivity index (χ0v) is 11.4. The van der Waals surface area contributed by atoms with Gasteiger partial charge in [-0.15, -0.1) is 0 Å². The Kier molecular flexibility index (Phi) is 3.54. The number of nitrogen functional groups attached to an aromatic ring is 1. The Balaban J connectivity index is 1.89. The van der Waals surface area contributed by atoms with Gasteiger partial charge in [0.2, 0.25) is 0 Å². The number of hydrogen-bond donors (Lipinski definition) is 2. The lowest BCUT2D eigenvalue weighted by atomic mass is 9.95. The summed E-state index contributed by atoms with van der Waals surface area (Å²) in [7, 11) is 0. The van der Waals surface area contributed by atoms with Crippen LogP contribution in [-0.4, -0.2) is 16.9 Å². The minimum Gasteiger partial charge on any atom is -0.398 e. The standard InChI is InChI=1S/C16H19N3O/c17-14-8-4-7-13-12(14)9-10-18-15(13)16(20)19-11-5-2-1-3-6-11/h4,7-11H,1-3,5-6,17H2,(H,19,20). The quantitative estimate of drug-likeness (QED) is 0.824. The van der Waals surface area contributed by atoms with Gasteiger partial charge in [0.15, 0.2) is 0 Å². The number of nitrogens with zero attached hydrogens (tertiary/aromatic N) is 1. The van der Waals surface area contributed by atoms with Crippen LogP contribution in [0, 0.1) is 0 Å². The van der Waals surface area contributed by atoms with E-state index in [4.69, 9.17) is 5.73 Å². The number of rotatable bonds is 2. The fourth-order valence-corrected chi connectivity index (χ4v) is 2.91. The van der Waals surface area contributed by atoms with Gasteiger partial charge in [-0.1, -0.05) is 31.4 Å². The SMILES string of the molecule is Nc1cccc2c(C(=O)NC3CCCCC3)nccc12. The minimum absolute atomic E-state index is 0.0897. The van der Waals surface area contributed by atoms with Crippen LogP contribution in [-0.2, 0) is 0 Å². The first kappa shape index (κ1) is 12.9. The molecule has 1 aromatic carbocycles. The first-order valence-electron chi connectivity index (χ1n) is 7.20. The van der Waals surface area contributed by atoms with Gasteiger partial charge in [-0.2, -0.15) is 0 Å². The third kappa shape index (κ3) is 2.46. The third-order valence-corrected chi connectivity index (χ3v) is 4.00. The van der Waals surface area contributed by atoms with Gasteiger partial charge in [-0.3, -0.25) is 9.78 Å². The number of pyridine rings is 1. The molecular weight excluding hydrogens is 250 g/mol. The molecule has 0 bridgehead atoms. The lowest BCUT2D eigenvalue weighted by Gasteiger charge is -2.22. The first-order valence-corrected chi connectivity index (χ1v) is 7.20. The molecule has 1 saturated carbocycles. The van der Waals surface area contributed by atoms with Crippen molar-refractivity contribution in [3.05, 3.63) is 36.2 Å². The van der Waals surface area contributed by atoms with E-state index in [0.29, 0.717) is 11.4 Å². The molecule has 1 heterocycles. The highest BCUT2D eigenvalue weighted by Crippen LogP contribution is 2.23. The third-order valence-electron chi connectivity index (χ3n) is 4.00.